The fourth-order valence-electron chi connectivity index (χ4n) is 3.45. The van der Waals surface area contributed by atoms with Crippen LogP contribution in [0.15, 0.2) is 5.16 Å². The van der Waals surface area contributed by atoms with Gasteiger partial charge >= 0.3 is 0 Å². The lowest BCUT2D eigenvalue weighted by atomic mass is 9.92. The molecular weight excluding hydrogens is 176 g/mol. The third-order valence-corrected chi connectivity index (χ3v) is 4.91. The van der Waals surface area contributed by atoms with Crippen LogP contribution in [0.4, 0.5) is 0 Å². The van der Waals surface area contributed by atoms with E-state index in [1.807, 2.05) is 0 Å². The Bertz CT molecular complexity index is 322. The van der Waals surface area contributed by atoms with Gasteiger partial charge in [-0.2, -0.15) is 0 Å². The van der Waals surface area contributed by atoms with Crippen molar-refractivity contribution < 1.29 is 4.84 Å². The Kier molecular flexibility index (Phi) is 1.10. The molecule has 2 aliphatic heterocycles. The zero-order valence-corrected chi connectivity index (χ0v) is 8.55. The molecule has 0 aromatic heterocycles. The van der Waals surface area contributed by atoms with Gasteiger partial charge in [0.2, 0.25) is 0 Å². The monoisotopic (exact) mass is 192 g/mol. The lowest BCUT2D eigenvalue weighted by Gasteiger charge is -2.14. The van der Waals surface area contributed by atoms with Crippen LogP contribution in [-0.2, 0) is 4.84 Å². The standard InChI is InChI=1S/C11H16N2O/c1-10(7-5-12-6-8(7)10)9-4-11(2-3-11)14-13-9/h7-8,12H,2-6H2,1H3. The molecule has 76 valence electrons. The molecule has 2 heterocycles. The molecule has 0 bridgehead atoms. The highest BCUT2D eigenvalue weighted by Crippen LogP contribution is 2.64. The highest BCUT2D eigenvalue weighted by Gasteiger charge is 2.68. The smallest absolute Gasteiger partial charge is 0.143 e. The number of oxime groups is 1. The number of nitrogens with zero attached hydrogens (tertiary/aromatic N) is 1. The van der Waals surface area contributed by atoms with Gasteiger partial charge in [-0.1, -0.05) is 12.1 Å². The zero-order valence-electron chi connectivity index (χ0n) is 8.55. The first kappa shape index (κ1) is 7.69. The maximum atomic E-state index is 5.56. The Hall–Kier alpha value is -0.570. The van der Waals surface area contributed by atoms with Gasteiger partial charge in [0.25, 0.3) is 0 Å². The third kappa shape index (κ3) is 0.724. The molecule has 0 aromatic rings. The number of hydrogen-bond donors (Lipinski definition) is 1. The summed E-state index contributed by atoms with van der Waals surface area (Å²) in [5.74, 6) is 1.69. The van der Waals surface area contributed by atoms with Gasteiger partial charge in [-0.25, -0.2) is 0 Å². The summed E-state index contributed by atoms with van der Waals surface area (Å²) in [6, 6.07) is 0. The summed E-state index contributed by atoms with van der Waals surface area (Å²) in [6.45, 7) is 4.76. The second kappa shape index (κ2) is 2.01. The maximum Gasteiger partial charge on any atom is 0.143 e. The van der Waals surface area contributed by atoms with E-state index < -0.39 is 0 Å². The summed E-state index contributed by atoms with van der Waals surface area (Å²) in [7, 11) is 0. The van der Waals surface area contributed by atoms with Crippen LogP contribution in [0, 0.1) is 17.3 Å². The van der Waals surface area contributed by atoms with Gasteiger partial charge in [-0.3, -0.25) is 0 Å². The Morgan fingerprint density at radius 3 is 2.64 bits per heavy atom. The van der Waals surface area contributed by atoms with E-state index in [2.05, 4.69) is 17.4 Å². The number of hydrogen-bond acceptors (Lipinski definition) is 3. The topological polar surface area (TPSA) is 33.6 Å². The minimum Gasteiger partial charge on any atom is -0.389 e. The van der Waals surface area contributed by atoms with Crippen LogP contribution >= 0.6 is 0 Å². The third-order valence-electron chi connectivity index (χ3n) is 4.91. The van der Waals surface area contributed by atoms with Gasteiger partial charge in [-0.15, -0.1) is 0 Å². The second-order valence-electron chi connectivity index (χ2n) is 5.64. The molecule has 2 unspecified atom stereocenters. The van der Waals surface area contributed by atoms with E-state index in [9.17, 15) is 0 Å². The fourth-order valence-corrected chi connectivity index (χ4v) is 3.45. The molecule has 3 nitrogen and oxygen atoms in total. The first-order valence-corrected chi connectivity index (χ1v) is 5.71. The van der Waals surface area contributed by atoms with Crippen molar-refractivity contribution in [2.24, 2.45) is 22.4 Å². The van der Waals surface area contributed by atoms with E-state index >= 15 is 0 Å². The molecule has 2 atom stereocenters. The zero-order chi connectivity index (χ0) is 9.39. The van der Waals surface area contributed by atoms with Crippen LogP contribution < -0.4 is 5.32 Å². The molecular formula is C11H16N2O. The maximum absolute atomic E-state index is 5.56. The molecule has 0 aromatic carbocycles. The van der Waals surface area contributed by atoms with Crippen molar-refractivity contribution in [2.45, 2.75) is 31.8 Å². The minimum atomic E-state index is 0.183. The molecule has 14 heavy (non-hydrogen) atoms. The lowest BCUT2D eigenvalue weighted by Crippen LogP contribution is -2.26. The molecule has 3 heteroatoms. The van der Waals surface area contributed by atoms with E-state index in [0.29, 0.717) is 5.41 Å². The van der Waals surface area contributed by atoms with Crippen LogP contribution in [-0.4, -0.2) is 24.4 Å². The first-order valence-electron chi connectivity index (χ1n) is 5.71. The minimum absolute atomic E-state index is 0.183. The Morgan fingerprint density at radius 1 is 1.36 bits per heavy atom. The van der Waals surface area contributed by atoms with Crippen LogP contribution in [0.1, 0.15) is 26.2 Å². The summed E-state index contributed by atoms with van der Waals surface area (Å²) in [5.41, 5.74) is 1.95. The molecule has 2 saturated carbocycles. The molecule has 4 rings (SSSR count). The fraction of sp³-hybridized carbons (Fsp3) is 0.909. The van der Waals surface area contributed by atoms with Gasteiger partial charge in [0.05, 0.1) is 5.71 Å². The predicted molar refractivity (Wildman–Crippen MR) is 53.1 cm³/mol. The summed E-state index contributed by atoms with van der Waals surface area (Å²) >= 11 is 0. The van der Waals surface area contributed by atoms with Crippen LogP contribution in [0.25, 0.3) is 0 Å². The van der Waals surface area contributed by atoms with E-state index in [0.717, 1.165) is 18.3 Å². The lowest BCUT2D eigenvalue weighted by molar-refractivity contribution is 0.0650. The van der Waals surface area contributed by atoms with Gasteiger partial charge in [0.15, 0.2) is 0 Å². The second-order valence-corrected chi connectivity index (χ2v) is 5.64. The Labute approximate surface area is 83.9 Å². The summed E-state index contributed by atoms with van der Waals surface area (Å²) in [6.07, 6.45) is 3.57. The Balaban J connectivity index is 1.60. The quantitative estimate of drug-likeness (QED) is 0.676. The molecule has 0 radical (unpaired) electrons. The highest BCUT2D eigenvalue weighted by atomic mass is 16.7. The number of rotatable bonds is 1. The Morgan fingerprint density at radius 2 is 2.07 bits per heavy atom. The van der Waals surface area contributed by atoms with E-state index in [1.54, 1.807) is 0 Å². The molecule has 1 N–H and O–H groups in total. The van der Waals surface area contributed by atoms with Gasteiger partial charge in [0, 0.05) is 11.8 Å². The van der Waals surface area contributed by atoms with E-state index in [-0.39, 0.29) is 5.60 Å². The van der Waals surface area contributed by atoms with Crippen molar-refractivity contribution >= 4 is 5.71 Å². The summed E-state index contributed by atoms with van der Waals surface area (Å²) < 4.78 is 0. The average Bonchev–Trinajstić information content (AvgIpc) is 2.86. The van der Waals surface area contributed by atoms with Gasteiger partial charge < -0.3 is 10.2 Å². The van der Waals surface area contributed by atoms with Crippen molar-refractivity contribution in [3.8, 4) is 0 Å². The summed E-state index contributed by atoms with van der Waals surface area (Å²) in [4.78, 5) is 5.56. The van der Waals surface area contributed by atoms with Crippen molar-refractivity contribution in [3.63, 3.8) is 0 Å². The van der Waals surface area contributed by atoms with Crippen LogP contribution in [0.3, 0.4) is 0 Å². The molecule has 4 aliphatic rings. The van der Waals surface area contributed by atoms with E-state index in [4.69, 9.17) is 4.84 Å². The highest BCUT2D eigenvalue weighted by molar-refractivity contribution is 5.95. The summed E-state index contributed by atoms with van der Waals surface area (Å²) in [5, 5.41) is 7.80. The van der Waals surface area contributed by atoms with E-state index in [1.165, 1.54) is 31.6 Å². The van der Waals surface area contributed by atoms with Crippen molar-refractivity contribution in [1.82, 2.24) is 5.32 Å². The SMILES string of the molecule is CC1(C2=NOC3(CC3)C2)C2CNCC21. The average molecular weight is 192 g/mol. The predicted octanol–water partition coefficient (Wildman–Crippen LogP) is 1.15. The van der Waals surface area contributed by atoms with Crippen molar-refractivity contribution in [3.05, 3.63) is 0 Å². The number of piperidine rings is 1. The largest absolute Gasteiger partial charge is 0.389 e. The van der Waals surface area contributed by atoms with Gasteiger partial charge in [0.1, 0.15) is 5.60 Å². The number of fused-ring (bicyclic) bond motifs is 1. The van der Waals surface area contributed by atoms with Crippen LogP contribution in [0.2, 0.25) is 0 Å². The molecule has 1 saturated heterocycles. The van der Waals surface area contributed by atoms with Crippen molar-refractivity contribution in [1.29, 1.82) is 0 Å². The van der Waals surface area contributed by atoms with Gasteiger partial charge in [-0.05, 0) is 37.8 Å². The van der Waals surface area contributed by atoms with Crippen molar-refractivity contribution in [2.75, 3.05) is 13.1 Å². The van der Waals surface area contributed by atoms with Crippen LogP contribution in [0.5, 0.6) is 0 Å². The molecule has 1 spiro atoms. The number of nitrogens with one attached hydrogen (secondary N) is 1. The molecule has 2 aliphatic carbocycles. The molecule has 0 amide bonds. The molecule has 3 fully saturated rings. The normalized spacial score (nSPS) is 51.4. The first-order chi connectivity index (χ1) is 6.75.